The van der Waals surface area contributed by atoms with Crippen LogP contribution in [0.5, 0.6) is 0 Å². The Morgan fingerprint density at radius 2 is 2.35 bits per heavy atom. The zero-order valence-corrected chi connectivity index (χ0v) is 11.7. The monoisotopic (exact) mass is 275 g/mol. The second-order valence-electron chi connectivity index (χ2n) is 6.07. The molecule has 0 saturated heterocycles. The van der Waals surface area contributed by atoms with Crippen molar-refractivity contribution >= 4 is 11.7 Å². The molecule has 2 aliphatic rings. The quantitative estimate of drug-likeness (QED) is 0.376. The minimum absolute atomic E-state index is 0.0784. The number of nitrogens with zero attached hydrogens (tertiary/aromatic N) is 4. The third kappa shape index (κ3) is 2.30. The minimum Gasteiger partial charge on any atom is -0.409 e. The lowest BCUT2D eigenvalue weighted by Crippen LogP contribution is -2.31. The molecule has 0 spiro atoms. The van der Waals surface area contributed by atoms with Crippen molar-refractivity contribution < 1.29 is 5.21 Å². The topological polar surface area (TPSA) is 87.6 Å². The smallest absolute Gasteiger partial charge is 0.173 e. The molecule has 1 aromatic rings. The summed E-state index contributed by atoms with van der Waals surface area (Å²) in [7, 11) is 2.00. The van der Waals surface area contributed by atoms with Crippen LogP contribution in [0.15, 0.2) is 17.4 Å². The van der Waals surface area contributed by atoms with E-state index in [2.05, 4.69) is 20.3 Å². The third-order valence-electron chi connectivity index (χ3n) is 4.84. The van der Waals surface area contributed by atoms with Gasteiger partial charge in [-0.1, -0.05) is 11.6 Å². The molecule has 0 aliphatic heterocycles. The van der Waals surface area contributed by atoms with E-state index < -0.39 is 0 Å². The van der Waals surface area contributed by atoms with Gasteiger partial charge >= 0.3 is 0 Å². The molecule has 20 heavy (non-hydrogen) atoms. The van der Waals surface area contributed by atoms with Crippen molar-refractivity contribution in [1.82, 2.24) is 10.2 Å². The number of fused-ring (bicyclic) bond motifs is 2. The number of amidine groups is 1. The molecule has 3 rings (SSSR count). The number of oxime groups is 1. The van der Waals surface area contributed by atoms with Gasteiger partial charge in [-0.2, -0.15) is 5.10 Å². The average Bonchev–Trinajstić information content (AvgIpc) is 3.09. The van der Waals surface area contributed by atoms with E-state index in [-0.39, 0.29) is 5.84 Å². The Labute approximate surface area is 118 Å². The molecule has 0 radical (unpaired) electrons. The standard InChI is InChI=1S/C14H21N5O/c1-19(8-11-7-9-2-3-10(11)6-9)14-12(13(15)18-20)4-5-16-17-14/h4-5,9-11,20H,2-3,6-8H2,1H3,(H2,15,18). The van der Waals surface area contributed by atoms with Crippen molar-refractivity contribution in [3.05, 3.63) is 17.8 Å². The van der Waals surface area contributed by atoms with Crippen LogP contribution in [0.4, 0.5) is 5.82 Å². The van der Waals surface area contributed by atoms with Gasteiger partial charge in [0.25, 0.3) is 0 Å². The predicted octanol–water partition coefficient (Wildman–Crippen LogP) is 1.44. The van der Waals surface area contributed by atoms with Crippen molar-refractivity contribution in [3.63, 3.8) is 0 Å². The van der Waals surface area contributed by atoms with Crippen LogP contribution in [0, 0.1) is 17.8 Å². The Morgan fingerprint density at radius 3 is 3.00 bits per heavy atom. The van der Waals surface area contributed by atoms with Crippen LogP contribution in [-0.4, -0.2) is 34.8 Å². The van der Waals surface area contributed by atoms with Crippen LogP contribution in [-0.2, 0) is 0 Å². The number of nitrogens with two attached hydrogens (primary N) is 1. The van der Waals surface area contributed by atoms with E-state index >= 15 is 0 Å². The largest absolute Gasteiger partial charge is 0.409 e. The molecule has 6 nitrogen and oxygen atoms in total. The first-order valence-electron chi connectivity index (χ1n) is 7.19. The maximum absolute atomic E-state index is 8.86. The first kappa shape index (κ1) is 13.1. The highest BCUT2D eigenvalue weighted by molar-refractivity contribution is 6.01. The molecule has 2 bridgehead atoms. The van der Waals surface area contributed by atoms with Crippen LogP contribution in [0.1, 0.15) is 31.2 Å². The summed E-state index contributed by atoms with van der Waals surface area (Å²) in [6, 6.07) is 1.73. The molecule has 3 N–H and O–H groups in total. The maximum Gasteiger partial charge on any atom is 0.173 e. The van der Waals surface area contributed by atoms with E-state index in [4.69, 9.17) is 10.9 Å². The second kappa shape index (κ2) is 5.26. The Bertz CT molecular complexity index is 518. The van der Waals surface area contributed by atoms with Crippen molar-refractivity contribution in [1.29, 1.82) is 0 Å². The molecular formula is C14H21N5O. The Kier molecular flexibility index (Phi) is 3.46. The van der Waals surface area contributed by atoms with Gasteiger partial charge in [0.15, 0.2) is 11.7 Å². The lowest BCUT2D eigenvalue weighted by atomic mass is 9.88. The molecular weight excluding hydrogens is 254 g/mol. The van der Waals surface area contributed by atoms with Crippen LogP contribution in [0.3, 0.4) is 0 Å². The van der Waals surface area contributed by atoms with Crippen LogP contribution >= 0.6 is 0 Å². The van der Waals surface area contributed by atoms with Gasteiger partial charge in [0.2, 0.25) is 0 Å². The van der Waals surface area contributed by atoms with Gasteiger partial charge in [-0.25, -0.2) is 0 Å². The van der Waals surface area contributed by atoms with E-state index in [9.17, 15) is 0 Å². The van der Waals surface area contributed by atoms with Gasteiger partial charge in [-0.05, 0) is 43.1 Å². The summed E-state index contributed by atoms with van der Waals surface area (Å²) in [5, 5.41) is 20.0. The van der Waals surface area contributed by atoms with E-state index in [0.717, 1.165) is 24.3 Å². The third-order valence-corrected chi connectivity index (χ3v) is 4.84. The van der Waals surface area contributed by atoms with Gasteiger partial charge in [-0.3, -0.25) is 0 Å². The first-order valence-corrected chi connectivity index (χ1v) is 7.19. The molecule has 1 heterocycles. The fraction of sp³-hybridized carbons (Fsp3) is 0.643. The fourth-order valence-corrected chi connectivity index (χ4v) is 3.90. The van der Waals surface area contributed by atoms with E-state index in [1.54, 1.807) is 12.3 Å². The second-order valence-corrected chi connectivity index (χ2v) is 6.07. The molecule has 3 unspecified atom stereocenters. The van der Waals surface area contributed by atoms with Gasteiger partial charge in [0.1, 0.15) is 0 Å². The summed E-state index contributed by atoms with van der Waals surface area (Å²) in [5.74, 6) is 3.30. The molecule has 0 aromatic carbocycles. The highest BCUT2D eigenvalue weighted by Gasteiger charge is 2.39. The summed E-state index contributed by atoms with van der Waals surface area (Å²) in [4.78, 5) is 2.09. The molecule has 0 amide bonds. The summed E-state index contributed by atoms with van der Waals surface area (Å²) < 4.78 is 0. The number of hydrogen-bond donors (Lipinski definition) is 2. The van der Waals surface area contributed by atoms with Crippen LogP contribution in [0.25, 0.3) is 0 Å². The zero-order valence-electron chi connectivity index (χ0n) is 11.7. The molecule has 2 saturated carbocycles. The lowest BCUT2D eigenvalue weighted by molar-refractivity contribution is 0.318. The number of aromatic nitrogens is 2. The SMILES string of the molecule is CN(CC1CC2CCC1C2)c1nnccc1/C(N)=N/O. The molecule has 2 fully saturated rings. The van der Waals surface area contributed by atoms with Crippen molar-refractivity contribution in [2.24, 2.45) is 28.6 Å². The lowest BCUT2D eigenvalue weighted by Gasteiger charge is -2.28. The van der Waals surface area contributed by atoms with E-state index in [1.165, 1.54) is 25.7 Å². The normalized spacial score (nSPS) is 28.9. The van der Waals surface area contributed by atoms with Gasteiger partial charge < -0.3 is 15.8 Å². The highest BCUT2D eigenvalue weighted by Crippen LogP contribution is 2.48. The number of rotatable bonds is 4. The van der Waals surface area contributed by atoms with Crippen molar-refractivity contribution in [2.45, 2.75) is 25.7 Å². The minimum atomic E-state index is 0.0784. The van der Waals surface area contributed by atoms with Crippen molar-refractivity contribution in [3.8, 4) is 0 Å². The Hall–Kier alpha value is -1.85. The summed E-state index contributed by atoms with van der Waals surface area (Å²) >= 11 is 0. The molecule has 1 aromatic heterocycles. The van der Waals surface area contributed by atoms with Gasteiger partial charge in [-0.15, -0.1) is 5.10 Å². The number of hydrogen-bond acceptors (Lipinski definition) is 5. The molecule has 6 heteroatoms. The summed E-state index contributed by atoms with van der Waals surface area (Å²) in [6.07, 6.45) is 7.06. The molecule has 2 aliphatic carbocycles. The van der Waals surface area contributed by atoms with Gasteiger partial charge in [0, 0.05) is 13.6 Å². The number of anilines is 1. The highest BCUT2D eigenvalue weighted by atomic mass is 16.4. The van der Waals surface area contributed by atoms with Crippen LogP contribution < -0.4 is 10.6 Å². The first-order chi connectivity index (χ1) is 9.69. The van der Waals surface area contributed by atoms with E-state index in [1.807, 2.05) is 7.05 Å². The van der Waals surface area contributed by atoms with Crippen LogP contribution in [0.2, 0.25) is 0 Å². The molecule has 3 atom stereocenters. The Morgan fingerprint density at radius 1 is 1.50 bits per heavy atom. The maximum atomic E-state index is 8.86. The average molecular weight is 275 g/mol. The van der Waals surface area contributed by atoms with E-state index in [0.29, 0.717) is 11.4 Å². The van der Waals surface area contributed by atoms with Gasteiger partial charge in [0.05, 0.1) is 11.8 Å². The van der Waals surface area contributed by atoms with Crippen molar-refractivity contribution in [2.75, 3.05) is 18.5 Å². The zero-order chi connectivity index (χ0) is 14.1. The fourth-order valence-electron chi connectivity index (χ4n) is 3.90. The summed E-state index contributed by atoms with van der Waals surface area (Å²) in [6.45, 7) is 0.964. The molecule has 108 valence electrons. The predicted molar refractivity (Wildman–Crippen MR) is 76.8 cm³/mol. The Balaban J connectivity index is 1.75. The summed E-state index contributed by atoms with van der Waals surface area (Å²) in [5.41, 5.74) is 6.34.